The number of pyridine rings is 2. The normalized spacial score (nSPS) is 22.0. The van der Waals surface area contributed by atoms with Gasteiger partial charge in [0.05, 0.1) is 18.8 Å². The monoisotopic (exact) mass is 323 g/mol. The van der Waals surface area contributed by atoms with Gasteiger partial charge in [-0.15, -0.1) is 0 Å². The number of morpholine rings is 1. The van der Waals surface area contributed by atoms with Crippen molar-refractivity contribution in [3.63, 3.8) is 0 Å². The van der Waals surface area contributed by atoms with E-state index in [-0.39, 0.29) is 0 Å². The Morgan fingerprint density at radius 3 is 3.00 bits per heavy atom. The van der Waals surface area contributed by atoms with Crippen molar-refractivity contribution in [3.8, 4) is 6.07 Å². The Morgan fingerprint density at radius 2 is 2.17 bits per heavy atom. The van der Waals surface area contributed by atoms with Gasteiger partial charge in [-0.3, -0.25) is 4.90 Å². The third-order valence-corrected chi connectivity index (χ3v) is 4.91. The summed E-state index contributed by atoms with van der Waals surface area (Å²) in [4.78, 5) is 13.8. The predicted octanol–water partition coefficient (Wildman–Crippen LogP) is 1.80. The summed E-state index contributed by atoms with van der Waals surface area (Å²) in [7, 11) is 0. The van der Waals surface area contributed by atoms with Gasteiger partial charge in [-0.2, -0.15) is 5.26 Å². The van der Waals surface area contributed by atoms with E-state index in [0.29, 0.717) is 17.3 Å². The van der Waals surface area contributed by atoms with Crippen molar-refractivity contribution >= 4 is 16.9 Å². The van der Waals surface area contributed by atoms with E-state index in [1.54, 1.807) is 6.20 Å². The highest BCUT2D eigenvalue weighted by molar-refractivity contribution is 5.80. The minimum absolute atomic E-state index is 0.406. The lowest BCUT2D eigenvalue weighted by atomic mass is 10.1. The zero-order valence-electron chi connectivity index (χ0n) is 13.7. The average Bonchev–Trinajstić information content (AvgIpc) is 3.09. The first-order valence-corrected chi connectivity index (χ1v) is 8.58. The number of hydrogen-bond acceptors (Lipinski definition) is 6. The van der Waals surface area contributed by atoms with E-state index in [2.05, 4.69) is 20.9 Å². The van der Waals surface area contributed by atoms with Crippen LogP contribution in [0.1, 0.15) is 18.4 Å². The van der Waals surface area contributed by atoms with Crippen molar-refractivity contribution in [2.24, 2.45) is 0 Å². The number of fused-ring (bicyclic) bond motifs is 1. The van der Waals surface area contributed by atoms with Crippen LogP contribution < -0.4 is 4.90 Å². The number of rotatable bonds is 3. The van der Waals surface area contributed by atoms with Gasteiger partial charge in [0, 0.05) is 43.8 Å². The van der Waals surface area contributed by atoms with Crippen molar-refractivity contribution in [1.29, 1.82) is 5.26 Å². The Kier molecular flexibility index (Phi) is 4.28. The molecule has 124 valence electrons. The molecule has 2 saturated heterocycles. The van der Waals surface area contributed by atoms with E-state index < -0.39 is 0 Å². The molecule has 2 aromatic heterocycles. The molecule has 2 fully saturated rings. The first kappa shape index (κ1) is 15.3. The summed E-state index contributed by atoms with van der Waals surface area (Å²) in [5.41, 5.74) is 1.35. The second-order valence-electron chi connectivity index (χ2n) is 6.42. The Hall–Kier alpha value is -2.23. The Bertz CT molecular complexity index is 766. The maximum atomic E-state index is 9.58. The summed E-state index contributed by atoms with van der Waals surface area (Å²) in [6.45, 7) is 5.57. The minimum atomic E-state index is 0.406. The molecule has 0 spiro atoms. The molecule has 0 radical (unpaired) electrons. The minimum Gasteiger partial charge on any atom is -0.379 e. The quantitative estimate of drug-likeness (QED) is 0.858. The highest BCUT2D eigenvalue weighted by Crippen LogP contribution is 2.29. The fourth-order valence-electron chi connectivity index (χ4n) is 3.68. The van der Waals surface area contributed by atoms with Crippen LogP contribution in [-0.2, 0) is 4.74 Å². The van der Waals surface area contributed by atoms with E-state index in [0.717, 1.165) is 63.4 Å². The van der Waals surface area contributed by atoms with Crippen LogP contribution in [0.15, 0.2) is 24.4 Å². The second-order valence-corrected chi connectivity index (χ2v) is 6.42. The fraction of sp³-hybridized carbons (Fsp3) is 0.500. The average molecular weight is 323 g/mol. The molecule has 2 aliphatic rings. The maximum absolute atomic E-state index is 9.58. The van der Waals surface area contributed by atoms with Gasteiger partial charge in [-0.25, -0.2) is 9.97 Å². The van der Waals surface area contributed by atoms with Crippen LogP contribution in [0.5, 0.6) is 0 Å². The summed E-state index contributed by atoms with van der Waals surface area (Å²) in [5.74, 6) is 0.791. The molecule has 24 heavy (non-hydrogen) atoms. The van der Waals surface area contributed by atoms with Crippen molar-refractivity contribution in [2.45, 2.75) is 18.9 Å². The number of hydrogen-bond donors (Lipinski definition) is 0. The van der Waals surface area contributed by atoms with Gasteiger partial charge < -0.3 is 9.64 Å². The van der Waals surface area contributed by atoms with Gasteiger partial charge in [0.25, 0.3) is 0 Å². The zero-order valence-corrected chi connectivity index (χ0v) is 13.7. The first-order valence-electron chi connectivity index (χ1n) is 8.58. The van der Waals surface area contributed by atoms with Crippen LogP contribution in [0.2, 0.25) is 0 Å². The molecule has 4 heterocycles. The molecule has 6 heteroatoms. The number of nitrogens with zero attached hydrogens (tertiary/aromatic N) is 5. The molecular weight excluding hydrogens is 302 g/mol. The molecular formula is C18H21N5O. The van der Waals surface area contributed by atoms with E-state index >= 15 is 0 Å². The highest BCUT2D eigenvalue weighted by Gasteiger charge is 2.30. The van der Waals surface area contributed by atoms with Gasteiger partial charge in [0.2, 0.25) is 0 Å². The highest BCUT2D eigenvalue weighted by atomic mass is 16.5. The maximum Gasteiger partial charge on any atom is 0.161 e. The molecule has 0 N–H and O–H groups in total. The number of anilines is 1. The van der Waals surface area contributed by atoms with Crippen LogP contribution >= 0.6 is 0 Å². The van der Waals surface area contributed by atoms with Gasteiger partial charge in [-0.05, 0) is 31.0 Å². The molecule has 0 bridgehead atoms. The second kappa shape index (κ2) is 6.71. The van der Waals surface area contributed by atoms with Crippen LogP contribution in [0, 0.1) is 11.3 Å². The first-order chi connectivity index (χ1) is 11.8. The van der Waals surface area contributed by atoms with Gasteiger partial charge in [0.15, 0.2) is 5.65 Å². The van der Waals surface area contributed by atoms with Crippen molar-refractivity contribution < 1.29 is 4.74 Å². The Morgan fingerprint density at radius 1 is 1.29 bits per heavy atom. The van der Waals surface area contributed by atoms with Gasteiger partial charge in [0.1, 0.15) is 11.9 Å². The smallest absolute Gasteiger partial charge is 0.161 e. The molecule has 2 aliphatic heterocycles. The van der Waals surface area contributed by atoms with Gasteiger partial charge in [-0.1, -0.05) is 0 Å². The summed E-state index contributed by atoms with van der Waals surface area (Å²) < 4.78 is 5.44. The van der Waals surface area contributed by atoms with E-state index in [1.807, 2.05) is 18.2 Å². The van der Waals surface area contributed by atoms with Crippen molar-refractivity contribution in [1.82, 2.24) is 14.9 Å². The van der Waals surface area contributed by atoms with Crippen LogP contribution in [0.3, 0.4) is 0 Å². The molecule has 0 aliphatic carbocycles. The Labute approximate surface area is 141 Å². The lowest BCUT2D eigenvalue weighted by Gasteiger charge is -2.33. The summed E-state index contributed by atoms with van der Waals surface area (Å²) in [5, 5.41) is 10.5. The molecule has 2 aromatic rings. The molecule has 1 unspecified atom stereocenters. The van der Waals surface area contributed by atoms with E-state index in [9.17, 15) is 5.26 Å². The third kappa shape index (κ3) is 2.93. The summed E-state index contributed by atoms with van der Waals surface area (Å²) in [6, 6.07) is 8.47. The zero-order chi connectivity index (χ0) is 16.4. The van der Waals surface area contributed by atoms with E-state index in [1.165, 1.54) is 0 Å². The molecule has 4 rings (SSSR count). The topological polar surface area (TPSA) is 65.3 Å². The van der Waals surface area contributed by atoms with Gasteiger partial charge >= 0.3 is 0 Å². The van der Waals surface area contributed by atoms with Crippen LogP contribution in [-0.4, -0.2) is 60.3 Å². The lowest BCUT2D eigenvalue weighted by Crippen LogP contribution is -2.45. The molecule has 6 nitrogen and oxygen atoms in total. The number of nitriles is 1. The SMILES string of the molecule is N#Cc1cc2cccnc2nc1N1CCCC1CN1CCOCC1. The Balaban J connectivity index is 1.63. The number of ether oxygens (including phenoxy) is 1. The van der Waals surface area contributed by atoms with Crippen LogP contribution in [0.25, 0.3) is 11.0 Å². The third-order valence-electron chi connectivity index (χ3n) is 4.91. The fourth-order valence-corrected chi connectivity index (χ4v) is 3.68. The molecule has 0 amide bonds. The van der Waals surface area contributed by atoms with Crippen LogP contribution in [0.4, 0.5) is 5.82 Å². The largest absolute Gasteiger partial charge is 0.379 e. The standard InChI is InChI=1S/C18H21N5O/c19-12-15-11-14-3-1-5-20-17(14)21-18(15)23-6-2-4-16(23)13-22-7-9-24-10-8-22/h1,3,5,11,16H,2,4,6-10,13H2. The van der Waals surface area contributed by atoms with Crippen molar-refractivity contribution in [2.75, 3.05) is 44.3 Å². The summed E-state index contributed by atoms with van der Waals surface area (Å²) in [6.07, 6.45) is 4.03. The van der Waals surface area contributed by atoms with E-state index in [4.69, 9.17) is 9.72 Å². The van der Waals surface area contributed by atoms with Crippen molar-refractivity contribution in [3.05, 3.63) is 30.0 Å². The molecule has 0 aromatic carbocycles. The summed E-state index contributed by atoms with van der Waals surface area (Å²) >= 11 is 0. The number of aromatic nitrogens is 2. The lowest BCUT2D eigenvalue weighted by molar-refractivity contribution is 0.0354. The molecule has 0 saturated carbocycles. The molecule has 1 atom stereocenters. The predicted molar refractivity (Wildman–Crippen MR) is 91.9 cm³/mol.